The number of unbranched alkanes of at least 4 members (excludes halogenated alkanes) is 1. The first kappa shape index (κ1) is 12.0. The highest BCUT2D eigenvalue weighted by atomic mass is 16.3. The topological polar surface area (TPSA) is 23.2 Å². The van der Waals surface area contributed by atoms with E-state index in [1.54, 1.807) is 0 Å². The average molecular weight is 199 g/mol. The van der Waals surface area contributed by atoms with Gasteiger partial charge >= 0.3 is 0 Å². The first-order valence-electron chi connectivity index (χ1n) is 5.89. The molecule has 1 saturated heterocycles. The van der Waals surface area contributed by atoms with Gasteiger partial charge in [-0.3, -0.25) is 4.90 Å². The third kappa shape index (κ3) is 2.48. The molecule has 84 valence electrons. The van der Waals surface area contributed by atoms with Gasteiger partial charge in [0.05, 0.1) is 11.6 Å². The van der Waals surface area contributed by atoms with Crippen LogP contribution in [0.5, 0.6) is 0 Å². The molecule has 1 rings (SSSR count). The smallest absolute Gasteiger partial charge is 0.0761 e. The van der Waals surface area contributed by atoms with Crippen LogP contribution in [0.1, 0.15) is 53.9 Å². The molecule has 1 heterocycles. The standard InChI is InChI=1S/C12H25NO/c1-6-7-8-10-11(12(4,5)14)13(10)9(2)3/h9-11,14H,6-8H2,1-5H3/t10-,11-,13?/m0/s1. The van der Waals surface area contributed by atoms with Crippen LogP contribution >= 0.6 is 0 Å². The molecule has 1 fully saturated rings. The Hall–Kier alpha value is -0.0800. The lowest BCUT2D eigenvalue weighted by Crippen LogP contribution is -2.31. The van der Waals surface area contributed by atoms with Gasteiger partial charge in [-0.05, 0) is 34.1 Å². The number of nitrogens with zero attached hydrogens (tertiary/aromatic N) is 1. The molecule has 2 nitrogen and oxygen atoms in total. The molecule has 1 aliphatic rings. The molecular weight excluding hydrogens is 174 g/mol. The molecule has 0 amide bonds. The molecule has 0 aromatic rings. The van der Waals surface area contributed by atoms with E-state index in [9.17, 15) is 5.11 Å². The Bertz CT molecular complexity index is 183. The fourth-order valence-electron chi connectivity index (χ4n) is 2.56. The van der Waals surface area contributed by atoms with E-state index in [2.05, 4.69) is 25.7 Å². The number of aliphatic hydroxyl groups is 1. The molecule has 1 unspecified atom stereocenters. The summed E-state index contributed by atoms with van der Waals surface area (Å²) in [5.74, 6) is 0. The summed E-state index contributed by atoms with van der Waals surface area (Å²) in [4.78, 5) is 2.44. The van der Waals surface area contributed by atoms with Crippen molar-refractivity contribution in [1.29, 1.82) is 0 Å². The van der Waals surface area contributed by atoms with Crippen LogP contribution in [0.4, 0.5) is 0 Å². The zero-order chi connectivity index (χ0) is 10.9. The van der Waals surface area contributed by atoms with E-state index >= 15 is 0 Å². The number of hydrogen-bond donors (Lipinski definition) is 1. The first-order chi connectivity index (χ1) is 6.39. The summed E-state index contributed by atoms with van der Waals surface area (Å²) in [5.41, 5.74) is -0.539. The van der Waals surface area contributed by atoms with E-state index in [0.717, 1.165) is 0 Å². The molecule has 0 aromatic carbocycles. The van der Waals surface area contributed by atoms with Gasteiger partial charge in [0.2, 0.25) is 0 Å². The maximum absolute atomic E-state index is 10.0. The van der Waals surface area contributed by atoms with E-state index in [-0.39, 0.29) is 0 Å². The molecule has 0 saturated carbocycles. The minimum Gasteiger partial charge on any atom is -0.389 e. The largest absolute Gasteiger partial charge is 0.389 e. The van der Waals surface area contributed by atoms with Crippen molar-refractivity contribution in [3.8, 4) is 0 Å². The van der Waals surface area contributed by atoms with Crippen molar-refractivity contribution >= 4 is 0 Å². The van der Waals surface area contributed by atoms with Crippen LogP contribution in [-0.4, -0.2) is 33.7 Å². The monoisotopic (exact) mass is 199 g/mol. The maximum atomic E-state index is 10.0. The zero-order valence-corrected chi connectivity index (χ0v) is 10.2. The predicted molar refractivity (Wildman–Crippen MR) is 60.4 cm³/mol. The molecule has 2 heteroatoms. The summed E-state index contributed by atoms with van der Waals surface area (Å²) in [6.45, 7) is 10.5. The molecule has 0 aromatic heterocycles. The van der Waals surface area contributed by atoms with E-state index in [1.165, 1.54) is 19.3 Å². The second-order valence-electron chi connectivity index (χ2n) is 5.35. The molecular formula is C12H25NO. The molecule has 1 aliphatic heterocycles. The fraction of sp³-hybridized carbons (Fsp3) is 1.00. The number of hydrogen-bond acceptors (Lipinski definition) is 2. The molecule has 0 bridgehead atoms. The van der Waals surface area contributed by atoms with Crippen LogP contribution in [0.2, 0.25) is 0 Å². The normalized spacial score (nSPS) is 32.4. The van der Waals surface area contributed by atoms with Gasteiger partial charge in [-0.25, -0.2) is 0 Å². The van der Waals surface area contributed by atoms with Crippen molar-refractivity contribution < 1.29 is 5.11 Å². The van der Waals surface area contributed by atoms with Crippen molar-refractivity contribution in [1.82, 2.24) is 4.90 Å². The third-order valence-corrected chi connectivity index (χ3v) is 3.15. The molecule has 1 N–H and O–H groups in total. The summed E-state index contributed by atoms with van der Waals surface area (Å²) in [6.07, 6.45) is 3.77. The molecule has 0 spiro atoms. The second kappa shape index (κ2) is 4.19. The highest BCUT2D eigenvalue weighted by molar-refractivity contribution is 5.10. The van der Waals surface area contributed by atoms with Gasteiger partial charge in [0.25, 0.3) is 0 Å². The lowest BCUT2D eigenvalue weighted by Gasteiger charge is -2.18. The predicted octanol–water partition coefficient (Wildman–Crippen LogP) is 2.41. The van der Waals surface area contributed by atoms with Gasteiger partial charge < -0.3 is 5.11 Å². The van der Waals surface area contributed by atoms with Gasteiger partial charge in [0, 0.05) is 12.1 Å². The van der Waals surface area contributed by atoms with Crippen molar-refractivity contribution in [2.45, 2.75) is 77.6 Å². The van der Waals surface area contributed by atoms with Crippen molar-refractivity contribution in [3.05, 3.63) is 0 Å². The maximum Gasteiger partial charge on any atom is 0.0761 e. The highest BCUT2D eigenvalue weighted by Crippen LogP contribution is 2.41. The van der Waals surface area contributed by atoms with E-state index in [4.69, 9.17) is 0 Å². The molecule has 0 aliphatic carbocycles. The summed E-state index contributed by atoms with van der Waals surface area (Å²) in [6, 6.07) is 1.57. The lowest BCUT2D eigenvalue weighted by atomic mass is 10.0. The van der Waals surface area contributed by atoms with E-state index in [1.807, 2.05) is 13.8 Å². The summed E-state index contributed by atoms with van der Waals surface area (Å²) in [5, 5.41) is 10.0. The van der Waals surface area contributed by atoms with Crippen molar-refractivity contribution in [2.24, 2.45) is 0 Å². The SMILES string of the molecule is CCCC[C@H]1[C@@H](C(C)(C)O)N1C(C)C. The minimum absolute atomic E-state index is 0.383. The van der Waals surface area contributed by atoms with Gasteiger partial charge in [0.1, 0.15) is 0 Å². The molecule has 3 atom stereocenters. The Morgan fingerprint density at radius 1 is 1.36 bits per heavy atom. The Kier molecular flexibility index (Phi) is 3.59. The minimum atomic E-state index is -0.539. The van der Waals surface area contributed by atoms with Gasteiger partial charge in [-0.15, -0.1) is 0 Å². The van der Waals surface area contributed by atoms with Crippen LogP contribution in [0, 0.1) is 0 Å². The lowest BCUT2D eigenvalue weighted by molar-refractivity contribution is 0.0607. The van der Waals surface area contributed by atoms with Crippen LogP contribution in [-0.2, 0) is 0 Å². The first-order valence-corrected chi connectivity index (χ1v) is 5.89. The highest BCUT2D eigenvalue weighted by Gasteiger charge is 2.55. The zero-order valence-electron chi connectivity index (χ0n) is 10.2. The van der Waals surface area contributed by atoms with Gasteiger partial charge in [0.15, 0.2) is 0 Å². The second-order valence-corrected chi connectivity index (χ2v) is 5.35. The fourth-order valence-corrected chi connectivity index (χ4v) is 2.56. The van der Waals surface area contributed by atoms with Crippen molar-refractivity contribution in [3.63, 3.8) is 0 Å². The summed E-state index contributed by atoms with van der Waals surface area (Å²) in [7, 11) is 0. The van der Waals surface area contributed by atoms with Gasteiger partial charge in [-0.1, -0.05) is 19.8 Å². The van der Waals surface area contributed by atoms with Crippen LogP contribution in [0.15, 0.2) is 0 Å². The van der Waals surface area contributed by atoms with E-state index < -0.39 is 5.60 Å². The van der Waals surface area contributed by atoms with Crippen LogP contribution in [0.3, 0.4) is 0 Å². The molecule has 14 heavy (non-hydrogen) atoms. The Balaban J connectivity index is 2.51. The summed E-state index contributed by atoms with van der Waals surface area (Å²) < 4.78 is 0. The summed E-state index contributed by atoms with van der Waals surface area (Å²) >= 11 is 0. The Labute approximate surface area is 88.3 Å². The quantitative estimate of drug-likeness (QED) is 0.687. The van der Waals surface area contributed by atoms with E-state index in [0.29, 0.717) is 18.1 Å². The average Bonchev–Trinajstić information content (AvgIpc) is 2.73. The third-order valence-electron chi connectivity index (χ3n) is 3.15. The van der Waals surface area contributed by atoms with Crippen LogP contribution < -0.4 is 0 Å². The van der Waals surface area contributed by atoms with Crippen LogP contribution in [0.25, 0.3) is 0 Å². The van der Waals surface area contributed by atoms with Gasteiger partial charge in [-0.2, -0.15) is 0 Å². The van der Waals surface area contributed by atoms with Crippen molar-refractivity contribution in [2.75, 3.05) is 0 Å². The Morgan fingerprint density at radius 3 is 2.21 bits per heavy atom. The molecule has 0 radical (unpaired) electrons. The number of rotatable bonds is 5. The Morgan fingerprint density at radius 2 is 1.93 bits per heavy atom.